The first-order valence-electron chi connectivity index (χ1n) is 7.53. The molecule has 1 unspecified atom stereocenters. The molecule has 5 heteroatoms. The summed E-state index contributed by atoms with van der Waals surface area (Å²) in [5.74, 6) is 1.41. The number of aromatic nitrogens is 2. The van der Waals surface area contributed by atoms with Crippen LogP contribution in [0.2, 0.25) is 0 Å². The van der Waals surface area contributed by atoms with E-state index >= 15 is 0 Å². The molecule has 1 aliphatic rings. The van der Waals surface area contributed by atoms with Crippen molar-refractivity contribution in [2.45, 2.75) is 44.4 Å². The fraction of sp³-hybridized carbons (Fsp3) is 0.500. The number of carboxylic acids is 1. The summed E-state index contributed by atoms with van der Waals surface area (Å²) in [5.41, 5.74) is 2.16. The lowest BCUT2D eigenvalue weighted by Gasteiger charge is -2.22. The summed E-state index contributed by atoms with van der Waals surface area (Å²) in [6.45, 7) is 3.08. The second-order valence-corrected chi connectivity index (χ2v) is 6.90. The van der Waals surface area contributed by atoms with Crippen LogP contribution in [-0.2, 0) is 13.0 Å². The van der Waals surface area contributed by atoms with Crippen LogP contribution in [0.25, 0.3) is 11.0 Å². The number of hydrogen-bond acceptors (Lipinski definition) is 3. The van der Waals surface area contributed by atoms with Gasteiger partial charge in [-0.25, -0.2) is 9.78 Å². The SMILES string of the molecule is CCc1nc2cc(C(=O)O)ccc2n1CC1CCCCS1. The Kier molecular flexibility index (Phi) is 4.19. The van der Waals surface area contributed by atoms with E-state index in [9.17, 15) is 4.79 Å². The maximum absolute atomic E-state index is 11.1. The molecule has 2 heterocycles. The van der Waals surface area contributed by atoms with E-state index in [1.165, 1.54) is 25.0 Å². The molecule has 0 radical (unpaired) electrons. The van der Waals surface area contributed by atoms with Crippen LogP contribution in [0.4, 0.5) is 0 Å². The van der Waals surface area contributed by atoms with Crippen LogP contribution in [-0.4, -0.2) is 31.6 Å². The van der Waals surface area contributed by atoms with Crippen LogP contribution in [0.15, 0.2) is 18.2 Å². The van der Waals surface area contributed by atoms with E-state index in [1.807, 2.05) is 6.07 Å². The summed E-state index contributed by atoms with van der Waals surface area (Å²) in [4.78, 5) is 15.7. The Morgan fingerprint density at radius 3 is 3.00 bits per heavy atom. The van der Waals surface area contributed by atoms with Crippen molar-refractivity contribution in [2.24, 2.45) is 0 Å². The summed E-state index contributed by atoms with van der Waals surface area (Å²) in [5, 5.41) is 9.75. The van der Waals surface area contributed by atoms with E-state index in [0.717, 1.165) is 29.8 Å². The van der Waals surface area contributed by atoms with Gasteiger partial charge in [0.2, 0.25) is 0 Å². The molecule has 0 bridgehead atoms. The van der Waals surface area contributed by atoms with E-state index in [0.29, 0.717) is 10.8 Å². The second-order valence-electron chi connectivity index (χ2n) is 5.49. The van der Waals surface area contributed by atoms with Crippen molar-refractivity contribution in [3.05, 3.63) is 29.6 Å². The molecule has 21 heavy (non-hydrogen) atoms. The van der Waals surface area contributed by atoms with E-state index in [-0.39, 0.29) is 0 Å². The number of carboxylic acid groups (broad SMARTS) is 1. The Balaban J connectivity index is 1.97. The summed E-state index contributed by atoms with van der Waals surface area (Å²) >= 11 is 2.05. The molecule has 2 aromatic rings. The van der Waals surface area contributed by atoms with Crippen molar-refractivity contribution in [1.29, 1.82) is 0 Å². The summed E-state index contributed by atoms with van der Waals surface area (Å²) in [6.07, 6.45) is 4.78. The fourth-order valence-corrected chi connectivity index (χ4v) is 4.23. The second kappa shape index (κ2) is 6.10. The van der Waals surface area contributed by atoms with Gasteiger partial charge >= 0.3 is 5.97 Å². The first-order valence-corrected chi connectivity index (χ1v) is 8.58. The number of nitrogens with zero attached hydrogens (tertiary/aromatic N) is 2. The lowest BCUT2D eigenvalue weighted by molar-refractivity contribution is 0.0697. The fourth-order valence-electron chi connectivity index (χ4n) is 2.94. The predicted octanol–water partition coefficient (Wildman–Crippen LogP) is 3.58. The molecule has 0 saturated carbocycles. The number of rotatable bonds is 4. The third kappa shape index (κ3) is 2.93. The van der Waals surface area contributed by atoms with Crippen LogP contribution < -0.4 is 0 Å². The molecule has 1 N–H and O–H groups in total. The molecule has 3 rings (SSSR count). The quantitative estimate of drug-likeness (QED) is 0.938. The standard InChI is InChI=1S/C16H20N2O2S/c1-2-15-17-13-9-11(16(19)20)6-7-14(13)18(15)10-12-5-3-4-8-21-12/h6-7,9,12H,2-5,8,10H2,1H3,(H,19,20). The molecular weight excluding hydrogens is 284 g/mol. The maximum atomic E-state index is 11.1. The zero-order valence-corrected chi connectivity index (χ0v) is 13.0. The van der Waals surface area contributed by atoms with Gasteiger partial charge in [-0.2, -0.15) is 11.8 Å². The largest absolute Gasteiger partial charge is 0.478 e. The molecule has 0 spiro atoms. The topological polar surface area (TPSA) is 55.1 Å². The van der Waals surface area contributed by atoms with Crippen molar-refractivity contribution < 1.29 is 9.90 Å². The first kappa shape index (κ1) is 14.4. The highest BCUT2D eigenvalue weighted by Crippen LogP contribution is 2.28. The number of fused-ring (bicyclic) bond motifs is 1. The lowest BCUT2D eigenvalue weighted by Crippen LogP contribution is -2.18. The number of carbonyl (C=O) groups is 1. The molecule has 1 atom stereocenters. The van der Waals surface area contributed by atoms with Gasteiger partial charge in [0.15, 0.2) is 0 Å². The normalized spacial score (nSPS) is 19.0. The highest BCUT2D eigenvalue weighted by Gasteiger charge is 2.18. The van der Waals surface area contributed by atoms with Crippen molar-refractivity contribution >= 4 is 28.8 Å². The van der Waals surface area contributed by atoms with Crippen molar-refractivity contribution in [2.75, 3.05) is 5.75 Å². The Morgan fingerprint density at radius 1 is 1.48 bits per heavy atom. The first-order chi connectivity index (χ1) is 10.2. The molecule has 112 valence electrons. The van der Waals surface area contributed by atoms with E-state index in [4.69, 9.17) is 5.11 Å². The van der Waals surface area contributed by atoms with Gasteiger partial charge in [-0.15, -0.1) is 0 Å². The number of imidazole rings is 1. The molecule has 1 fully saturated rings. The third-order valence-corrected chi connectivity index (χ3v) is 5.43. The van der Waals surface area contributed by atoms with Crippen LogP contribution in [0.1, 0.15) is 42.4 Å². The van der Waals surface area contributed by atoms with Crippen molar-refractivity contribution in [1.82, 2.24) is 9.55 Å². The number of thioether (sulfide) groups is 1. The van der Waals surface area contributed by atoms with E-state index in [2.05, 4.69) is 28.2 Å². The minimum atomic E-state index is -0.896. The van der Waals surface area contributed by atoms with Gasteiger partial charge in [-0.1, -0.05) is 13.3 Å². The average Bonchev–Trinajstić information content (AvgIpc) is 2.85. The van der Waals surface area contributed by atoms with Gasteiger partial charge in [-0.3, -0.25) is 0 Å². The molecule has 1 aromatic carbocycles. The maximum Gasteiger partial charge on any atom is 0.335 e. The van der Waals surface area contributed by atoms with Crippen molar-refractivity contribution in [3.63, 3.8) is 0 Å². The predicted molar refractivity (Wildman–Crippen MR) is 86.2 cm³/mol. The number of hydrogen-bond donors (Lipinski definition) is 1. The lowest BCUT2D eigenvalue weighted by atomic mass is 10.1. The van der Waals surface area contributed by atoms with Crippen LogP contribution in [0.5, 0.6) is 0 Å². The van der Waals surface area contributed by atoms with Crippen LogP contribution >= 0.6 is 11.8 Å². The monoisotopic (exact) mass is 304 g/mol. The highest BCUT2D eigenvalue weighted by molar-refractivity contribution is 7.99. The van der Waals surface area contributed by atoms with Crippen LogP contribution in [0.3, 0.4) is 0 Å². The molecule has 1 saturated heterocycles. The Morgan fingerprint density at radius 2 is 2.33 bits per heavy atom. The summed E-state index contributed by atoms with van der Waals surface area (Å²) in [7, 11) is 0. The number of aromatic carboxylic acids is 1. The highest BCUT2D eigenvalue weighted by atomic mass is 32.2. The van der Waals surface area contributed by atoms with Gasteiger partial charge in [0.25, 0.3) is 0 Å². The van der Waals surface area contributed by atoms with E-state index < -0.39 is 5.97 Å². The zero-order valence-electron chi connectivity index (χ0n) is 12.2. The Labute approximate surface area is 128 Å². The minimum Gasteiger partial charge on any atom is -0.478 e. The Bertz CT molecular complexity index is 660. The molecule has 1 aliphatic heterocycles. The summed E-state index contributed by atoms with van der Waals surface area (Å²) < 4.78 is 2.28. The van der Waals surface area contributed by atoms with Gasteiger partial charge in [0.05, 0.1) is 16.6 Å². The average molecular weight is 304 g/mol. The van der Waals surface area contributed by atoms with Gasteiger partial charge in [0, 0.05) is 18.2 Å². The van der Waals surface area contributed by atoms with Gasteiger partial charge in [-0.05, 0) is 36.8 Å². The molecule has 0 aliphatic carbocycles. The number of aryl methyl sites for hydroxylation is 1. The Hall–Kier alpha value is -1.49. The molecular formula is C16H20N2O2S. The molecule has 0 amide bonds. The van der Waals surface area contributed by atoms with Crippen molar-refractivity contribution in [3.8, 4) is 0 Å². The number of benzene rings is 1. The minimum absolute atomic E-state index is 0.307. The van der Waals surface area contributed by atoms with E-state index in [1.54, 1.807) is 12.1 Å². The molecule has 1 aromatic heterocycles. The molecule has 4 nitrogen and oxygen atoms in total. The summed E-state index contributed by atoms with van der Waals surface area (Å²) in [6, 6.07) is 5.26. The zero-order chi connectivity index (χ0) is 14.8. The smallest absolute Gasteiger partial charge is 0.335 e. The van der Waals surface area contributed by atoms with Gasteiger partial charge < -0.3 is 9.67 Å². The third-order valence-electron chi connectivity index (χ3n) is 4.05. The van der Waals surface area contributed by atoms with Gasteiger partial charge in [0.1, 0.15) is 5.82 Å². The van der Waals surface area contributed by atoms with Crippen LogP contribution in [0, 0.1) is 0 Å².